The first-order valence-corrected chi connectivity index (χ1v) is 7.21. The molecule has 0 radical (unpaired) electrons. The average Bonchev–Trinajstić information content (AvgIpc) is 2.74. The number of carboxylic acids is 1. The number of carbonyl (C=O) groups is 1. The van der Waals surface area contributed by atoms with Crippen molar-refractivity contribution >= 4 is 33.2 Å². The summed E-state index contributed by atoms with van der Waals surface area (Å²) < 4.78 is 0.918. The van der Waals surface area contributed by atoms with Crippen LogP contribution in [0.4, 0.5) is 0 Å². The molecule has 0 amide bonds. The zero-order chi connectivity index (χ0) is 13.1. The molecule has 18 heavy (non-hydrogen) atoms. The number of nitrogens with zero attached hydrogens (tertiary/aromatic N) is 1. The van der Waals surface area contributed by atoms with E-state index in [0.29, 0.717) is 10.6 Å². The van der Waals surface area contributed by atoms with Crippen LogP contribution in [0.3, 0.4) is 0 Å². The van der Waals surface area contributed by atoms with Gasteiger partial charge in [0, 0.05) is 10.0 Å². The van der Waals surface area contributed by atoms with Crippen LogP contribution in [0.5, 0.6) is 0 Å². The Hall–Kier alpha value is -1.20. The van der Waals surface area contributed by atoms with E-state index in [1.165, 1.54) is 11.3 Å². The molecule has 1 N–H and O–H groups in total. The molecule has 0 aliphatic rings. The number of aromatic carboxylic acids is 1. The van der Waals surface area contributed by atoms with Gasteiger partial charge in [-0.3, -0.25) is 0 Å². The Morgan fingerprint density at radius 2 is 2.28 bits per heavy atom. The van der Waals surface area contributed by atoms with Crippen LogP contribution >= 0.6 is 27.3 Å². The summed E-state index contributed by atoms with van der Waals surface area (Å²) in [5, 5.41) is 10.1. The van der Waals surface area contributed by atoms with E-state index in [1.54, 1.807) is 0 Å². The first-order valence-electron chi connectivity index (χ1n) is 5.60. The molecule has 94 valence electrons. The Labute approximate surface area is 118 Å². The molecule has 3 nitrogen and oxygen atoms in total. The van der Waals surface area contributed by atoms with Crippen LogP contribution < -0.4 is 0 Å². The van der Waals surface area contributed by atoms with Gasteiger partial charge >= 0.3 is 5.97 Å². The highest BCUT2D eigenvalue weighted by atomic mass is 79.9. The van der Waals surface area contributed by atoms with Gasteiger partial charge in [-0.1, -0.05) is 35.0 Å². The van der Waals surface area contributed by atoms with Gasteiger partial charge in [-0.15, -0.1) is 11.3 Å². The molecule has 1 aromatic heterocycles. The summed E-state index contributed by atoms with van der Waals surface area (Å²) in [5.41, 5.74) is 1.40. The van der Waals surface area contributed by atoms with Crippen LogP contribution in [-0.2, 0) is 6.42 Å². The minimum absolute atomic E-state index is 0.316. The Balaban J connectivity index is 2.51. The summed E-state index contributed by atoms with van der Waals surface area (Å²) in [5.74, 6) is -0.912. The van der Waals surface area contributed by atoms with Crippen molar-refractivity contribution in [2.24, 2.45) is 0 Å². The lowest BCUT2D eigenvalue weighted by Crippen LogP contribution is -1.95. The molecule has 0 spiro atoms. The van der Waals surface area contributed by atoms with Crippen molar-refractivity contribution in [1.82, 2.24) is 4.98 Å². The van der Waals surface area contributed by atoms with Crippen molar-refractivity contribution in [1.29, 1.82) is 0 Å². The zero-order valence-corrected chi connectivity index (χ0v) is 12.2. The predicted molar refractivity (Wildman–Crippen MR) is 76.2 cm³/mol. The van der Waals surface area contributed by atoms with Crippen molar-refractivity contribution < 1.29 is 9.90 Å². The van der Waals surface area contributed by atoms with E-state index in [4.69, 9.17) is 0 Å². The van der Waals surface area contributed by atoms with E-state index in [-0.39, 0.29) is 0 Å². The molecule has 0 atom stereocenters. The maximum absolute atomic E-state index is 11.3. The molecular formula is C13H12BrNO2S. The SMILES string of the molecule is CCCc1nc(-c2cccc(Br)c2)c(C(=O)O)s1. The van der Waals surface area contributed by atoms with Crippen molar-refractivity contribution in [2.75, 3.05) is 0 Å². The van der Waals surface area contributed by atoms with Crippen molar-refractivity contribution in [2.45, 2.75) is 19.8 Å². The van der Waals surface area contributed by atoms with Gasteiger partial charge in [-0.25, -0.2) is 9.78 Å². The monoisotopic (exact) mass is 325 g/mol. The topological polar surface area (TPSA) is 50.2 Å². The minimum atomic E-state index is -0.912. The first kappa shape index (κ1) is 13.2. The molecule has 0 fully saturated rings. The number of carboxylic acid groups (broad SMARTS) is 1. The zero-order valence-electron chi connectivity index (χ0n) is 9.81. The number of benzene rings is 1. The van der Waals surface area contributed by atoms with E-state index >= 15 is 0 Å². The highest BCUT2D eigenvalue weighted by Crippen LogP contribution is 2.30. The molecule has 0 saturated heterocycles. The molecule has 5 heteroatoms. The fourth-order valence-corrected chi connectivity index (χ4v) is 3.09. The number of rotatable bonds is 4. The summed E-state index contributed by atoms with van der Waals surface area (Å²) in [6, 6.07) is 7.55. The Bertz CT molecular complexity index is 580. The second kappa shape index (κ2) is 5.63. The Morgan fingerprint density at radius 3 is 2.89 bits per heavy atom. The molecule has 0 saturated carbocycles. The molecule has 2 rings (SSSR count). The van der Waals surface area contributed by atoms with Crippen molar-refractivity contribution in [3.05, 3.63) is 38.6 Å². The predicted octanol–water partition coefficient (Wildman–Crippen LogP) is 4.22. The Kier molecular flexibility index (Phi) is 4.14. The second-order valence-electron chi connectivity index (χ2n) is 3.85. The van der Waals surface area contributed by atoms with Crippen LogP contribution in [-0.4, -0.2) is 16.1 Å². The van der Waals surface area contributed by atoms with Crippen molar-refractivity contribution in [3.8, 4) is 11.3 Å². The normalized spacial score (nSPS) is 10.6. The average molecular weight is 326 g/mol. The van der Waals surface area contributed by atoms with Gasteiger partial charge in [0.05, 0.1) is 10.7 Å². The molecule has 0 aliphatic carbocycles. The first-order chi connectivity index (χ1) is 8.61. The molecule has 2 aromatic rings. The third-order valence-electron chi connectivity index (χ3n) is 2.43. The van der Waals surface area contributed by atoms with Crippen LogP contribution in [0.2, 0.25) is 0 Å². The summed E-state index contributed by atoms with van der Waals surface area (Å²) in [6.07, 6.45) is 1.78. The van der Waals surface area contributed by atoms with Gasteiger partial charge in [0.15, 0.2) is 0 Å². The van der Waals surface area contributed by atoms with E-state index in [0.717, 1.165) is 27.9 Å². The third kappa shape index (κ3) is 2.79. The maximum Gasteiger partial charge on any atom is 0.348 e. The number of hydrogen-bond acceptors (Lipinski definition) is 3. The summed E-state index contributed by atoms with van der Waals surface area (Å²) in [7, 11) is 0. The fraction of sp³-hybridized carbons (Fsp3) is 0.231. The lowest BCUT2D eigenvalue weighted by Gasteiger charge is -1.99. The smallest absolute Gasteiger partial charge is 0.348 e. The third-order valence-corrected chi connectivity index (χ3v) is 4.02. The Morgan fingerprint density at radius 1 is 1.50 bits per heavy atom. The summed E-state index contributed by atoms with van der Waals surface area (Å²) in [6.45, 7) is 2.06. The number of aromatic nitrogens is 1. The van der Waals surface area contributed by atoms with Crippen LogP contribution in [0.25, 0.3) is 11.3 Å². The summed E-state index contributed by atoms with van der Waals surface area (Å²) >= 11 is 4.65. The van der Waals surface area contributed by atoms with Crippen molar-refractivity contribution in [3.63, 3.8) is 0 Å². The highest BCUT2D eigenvalue weighted by Gasteiger charge is 2.18. The van der Waals surface area contributed by atoms with Gasteiger partial charge in [0.2, 0.25) is 0 Å². The quantitative estimate of drug-likeness (QED) is 0.915. The lowest BCUT2D eigenvalue weighted by molar-refractivity contribution is 0.0702. The molecule has 0 bridgehead atoms. The van der Waals surface area contributed by atoms with Gasteiger partial charge in [-0.2, -0.15) is 0 Å². The van der Waals surface area contributed by atoms with E-state index in [1.807, 2.05) is 24.3 Å². The molecular weight excluding hydrogens is 314 g/mol. The summed E-state index contributed by atoms with van der Waals surface area (Å²) in [4.78, 5) is 16.0. The number of thiazole rings is 1. The van der Waals surface area contributed by atoms with Gasteiger partial charge in [0.25, 0.3) is 0 Å². The fourth-order valence-electron chi connectivity index (χ4n) is 1.66. The van der Waals surface area contributed by atoms with Gasteiger partial charge < -0.3 is 5.11 Å². The minimum Gasteiger partial charge on any atom is -0.477 e. The van der Waals surface area contributed by atoms with Gasteiger partial charge in [0.1, 0.15) is 4.88 Å². The van der Waals surface area contributed by atoms with Gasteiger partial charge in [-0.05, 0) is 25.0 Å². The second-order valence-corrected chi connectivity index (χ2v) is 5.85. The van der Waals surface area contributed by atoms with E-state index in [9.17, 15) is 9.90 Å². The largest absolute Gasteiger partial charge is 0.477 e. The van der Waals surface area contributed by atoms with E-state index in [2.05, 4.69) is 27.8 Å². The van der Waals surface area contributed by atoms with Crippen LogP contribution in [0, 0.1) is 0 Å². The highest BCUT2D eigenvalue weighted by molar-refractivity contribution is 9.10. The van der Waals surface area contributed by atoms with Crippen LogP contribution in [0.1, 0.15) is 28.0 Å². The molecule has 1 aromatic carbocycles. The lowest BCUT2D eigenvalue weighted by atomic mass is 10.1. The van der Waals surface area contributed by atoms with Crippen LogP contribution in [0.15, 0.2) is 28.7 Å². The molecule has 0 aliphatic heterocycles. The molecule has 1 heterocycles. The number of aryl methyl sites for hydroxylation is 1. The maximum atomic E-state index is 11.3. The van der Waals surface area contributed by atoms with E-state index < -0.39 is 5.97 Å². The number of halogens is 1. The molecule has 0 unspecified atom stereocenters. The standard InChI is InChI=1S/C13H12BrNO2S/c1-2-4-10-15-11(12(18-10)13(16)17)8-5-3-6-9(14)7-8/h3,5-7H,2,4H2,1H3,(H,16,17). The number of hydrogen-bond donors (Lipinski definition) is 1.